The second-order valence-electron chi connectivity index (χ2n) is 8.10. The van der Waals surface area contributed by atoms with Gasteiger partial charge in [0.25, 0.3) is 0 Å². The molecule has 5 unspecified atom stereocenters. The van der Waals surface area contributed by atoms with Gasteiger partial charge in [0.1, 0.15) is 0 Å². The summed E-state index contributed by atoms with van der Waals surface area (Å²) in [5, 5.41) is 3.40. The van der Waals surface area contributed by atoms with Crippen LogP contribution in [0.3, 0.4) is 0 Å². The van der Waals surface area contributed by atoms with Crippen LogP contribution in [0.5, 0.6) is 0 Å². The lowest BCUT2D eigenvalue weighted by Crippen LogP contribution is -2.52. The third-order valence-corrected chi connectivity index (χ3v) is 6.89. The average Bonchev–Trinajstić information content (AvgIpc) is 2.96. The molecule has 3 saturated carbocycles. The van der Waals surface area contributed by atoms with Crippen molar-refractivity contribution in [2.45, 2.75) is 76.0 Å². The van der Waals surface area contributed by atoms with E-state index in [1.807, 2.05) is 0 Å². The zero-order chi connectivity index (χ0) is 15.1. The third kappa shape index (κ3) is 3.40. The van der Waals surface area contributed by atoms with Crippen molar-refractivity contribution < 1.29 is 9.53 Å². The minimum atomic E-state index is 0. The van der Waals surface area contributed by atoms with Crippen molar-refractivity contribution in [1.29, 1.82) is 0 Å². The van der Waals surface area contributed by atoms with E-state index in [1.165, 1.54) is 32.1 Å². The van der Waals surface area contributed by atoms with E-state index in [-0.39, 0.29) is 18.3 Å². The predicted octanol–water partition coefficient (Wildman–Crippen LogP) is 2.64. The van der Waals surface area contributed by atoms with E-state index in [0.29, 0.717) is 41.8 Å². The molecule has 0 aromatic heterocycles. The van der Waals surface area contributed by atoms with Gasteiger partial charge in [-0.3, -0.25) is 4.79 Å². The summed E-state index contributed by atoms with van der Waals surface area (Å²) in [4.78, 5) is 12.8. The highest BCUT2D eigenvalue weighted by molar-refractivity contribution is 5.85. The van der Waals surface area contributed by atoms with Crippen LogP contribution in [0.1, 0.15) is 57.8 Å². The molecule has 1 heterocycles. The highest BCUT2D eigenvalue weighted by Gasteiger charge is 2.43. The Labute approximate surface area is 145 Å². The Bertz CT molecular complexity index is 419. The maximum Gasteiger partial charge on any atom is 0.223 e. The van der Waals surface area contributed by atoms with Crippen molar-refractivity contribution in [3.63, 3.8) is 0 Å². The maximum atomic E-state index is 12.8. The fraction of sp³-hybridized carbons (Fsp3) is 0.944. The fourth-order valence-corrected chi connectivity index (χ4v) is 5.66. The topological polar surface area (TPSA) is 64.4 Å². The molecule has 0 aromatic carbocycles. The highest BCUT2D eigenvalue weighted by Crippen LogP contribution is 2.42. The van der Waals surface area contributed by atoms with Crippen LogP contribution in [-0.2, 0) is 9.53 Å². The number of amides is 1. The molecule has 0 spiro atoms. The van der Waals surface area contributed by atoms with Crippen LogP contribution in [0.4, 0.5) is 0 Å². The molecular formula is C18H31ClN2O2. The Balaban J connectivity index is 0.00000156. The predicted molar refractivity (Wildman–Crippen MR) is 92.4 cm³/mol. The molecule has 0 radical (unpaired) electrons. The van der Waals surface area contributed by atoms with Gasteiger partial charge in [-0.05, 0) is 63.2 Å². The minimum absolute atomic E-state index is 0. The molecule has 0 aromatic rings. The van der Waals surface area contributed by atoms with Crippen molar-refractivity contribution in [2.75, 3.05) is 6.61 Å². The number of nitrogens with one attached hydrogen (secondary N) is 1. The smallest absolute Gasteiger partial charge is 0.223 e. The minimum Gasteiger partial charge on any atom is -0.378 e. The Hall–Kier alpha value is -0.320. The lowest BCUT2D eigenvalue weighted by molar-refractivity contribution is -0.129. The number of hydrogen-bond donors (Lipinski definition) is 2. The SMILES string of the molecule is Cl.NC1C2CCCC1CC(C(=O)NC1CCCC3OCCC13)C2. The van der Waals surface area contributed by atoms with Gasteiger partial charge in [-0.2, -0.15) is 0 Å². The molecule has 5 atom stereocenters. The number of fused-ring (bicyclic) bond motifs is 3. The Kier molecular flexibility index (Phi) is 5.54. The second-order valence-corrected chi connectivity index (χ2v) is 8.10. The van der Waals surface area contributed by atoms with Crippen LogP contribution in [0, 0.1) is 23.7 Å². The van der Waals surface area contributed by atoms with Crippen LogP contribution in [-0.4, -0.2) is 30.7 Å². The maximum absolute atomic E-state index is 12.8. The van der Waals surface area contributed by atoms with Crippen molar-refractivity contribution in [2.24, 2.45) is 29.4 Å². The van der Waals surface area contributed by atoms with Gasteiger partial charge in [-0.25, -0.2) is 0 Å². The van der Waals surface area contributed by atoms with Gasteiger partial charge in [0, 0.05) is 30.5 Å². The number of nitrogens with two attached hydrogens (primary N) is 1. The van der Waals surface area contributed by atoms with E-state index in [2.05, 4.69) is 5.32 Å². The van der Waals surface area contributed by atoms with Crippen LogP contribution < -0.4 is 11.1 Å². The summed E-state index contributed by atoms with van der Waals surface area (Å²) < 4.78 is 5.82. The van der Waals surface area contributed by atoms with Gasteiger partial charge in [0.05, 0.1) is 6.10 Å². The number of carbonyl (C=O) groups excluding carboxylic acids is 1. The number of halogens is 1. The molecule has 4 rings (SSSR count). The third-order valence-electron chi connectivity index (χ3n) is 6.89. The first-order valence-corrected chi connectivity index (χ1v) is 9.40. The van der Waals surface area contributed by atoms with Crippen LogP contribution in [0.15, 0.2) is 0 Å². The van der Waals surface area contributed by atoms with Gasteiger partial charge in [-0.1, -0.05) is 6.42 Å². The van der Waals surface area contributed by atoms with E-state index in [1.54, 1.807) is 0 Å². The zero-order valence-corrected chi connectivity index (χ0v) is 14.7. The monoisotopic (exact) mass is 342 g/mol. The summed E-state index contributed by atoms with van der Waals surface area (Å²) in [6.07, 6.45) is 10.8. The van der Waals surface area contributed by atoms with Crippen LogP contribution in [0.25, 0.3) is 0 Å². The van der Waals surface area contributed by atoms with Gasteiger partial charge in [-0.15, -0.1) is 12.4 Å². The molecule has 4 fully saturated rings. The normalized spacial score (nSPS) is 45.7. The zero-order valence-electron chi connectivity index (χ0n) is 13.9. The van der Waals surface area contributed by atoms with E-state index >= 15 is 0 Å². The lowest BCUT2D eigenvalue weighted by Gasteiger charge is -2.44. The molecule has 23 heavy (non-hydrogen) atoms. The summed E-state index contributed by atoms with van der Waals surface area (Å²) in [6.45, 7) is 0.879. The molecule has 1 aliphatic heterocycles. The molecule has 3 aliphatic carbocycles. The molecule has 4 nitrogen and oxygen atoms in total. The molecule has 3 N–H and O–H groups in total. The van der Waals surface area contributed by atoms with Crippen molar-refractivity contribution in [1.82, 2.24) is 5.32 Å². The van der Waals surface area contributed by atoms with Crippen molar-refractivity contribution >= 4 is 18.3 Å². The molecule has 5 heteroatoms. The Morgan fingerprint density at radius 3 is 2.43 bits per heavy atom. The van der Waals surface area contributed by atoms with Crippen LogP contribution >= 0.6 is 12.4 Å². The number of carbonyl (C=O) groups is 1. The molecule has 1 saturated heterocycles. The molecule has 132 valence electrons. The van der Waals surface area contributed by atoms with E-state index < -0.39 is 0 Å². The number of ether oxygens (including phenoxy) is 1. The lowest BCUT2D eigenvalue weighted by atomic mass is 9.65. The fourth-order valence-electron chi connectivity index (χ4n) is 5.66. The molecular weight excluding hydrogens is 312 g/mol. The second kappa shape index (κ2) is 7.28. The van der Waals surface area contributed by atoms with Gasteiger partial charge >= 0.3 is 0 Å². The quantitative estimate of drug-likeness (QED) is 0.810. The van der Waals surface area contributed by atoms with Gasteiger partial charge < -0.3 is 15.8 Å². The first-order valence-electron chi connectivity index (χ1n) is 9.40. The summed E-state index contributed by atoms with van der Waals surface area (Å²) in [6, 6.07) is 0.698. The van der Waals surface area contributed by atoms with E-state index in [0.717, 1.165) is 32.3 Å². The first-order chi connectivity index (χ1) is 10.7. The standard InChI is InChI=1S/C18H30N2O2.ClH/c19-17-11-3-1-4-12(17)10-13(9-11)18(21)20-15-5-2-6-16-14(15)7-8-22-16;/h11-17H,1-10,19H2,(H,20,21);1H. The van der Waals surface area contributed by atoms with Gasteiger partial charge in [0.2, 0.25) is 5.91 Å². The Morgan fingerprint density at radius 2 is 1.70 bits per heavy atom. The summed E-state index contributed by atoms with van der Waals surface area (Å²) in [7, 11) is 0. The van der Waals surface area contributed by atoms with Gasteiger partial charge in [0.15, 0.2) is 0 Å². The average molecular weight is 343 g/mol. The Morgan fingerprint density at radius 1 is 1.00 bits per heavy atom. The van der Waals surface area contributed by atoms with E-state index in [9.17, 15) is 4.79 Å². The molecule has 2 bridgehead atoms. The first kappa shape index (κ1) is 17.5. The number of rotatable bonds is 2. The summed E-state index contributed by atoms with van der Waals surface area (Å²) >= 11 is 0. The van der Waals surface area contributed by atoms with Crippen molar-refractivity contribution in [3.8, 4) is 0 Å². The largest absolute Gasteiger partial charge is 0.378 e. The molecule has 4 aliphatic rings. The van der Waals surface area contributed by atoms with Crippen LogP contribution in [0.2, 0.25) is 0 Å². The molecule has 1 amide bonds. The summed E-state index contributed by atoms with van der Waals surface area (Å²) in [5.74, 6) is 2.23. The number of hydrogen-bond acceptors (Lipinski definition) is 3. The van der Waals surface area contributed by atoms with Crippen molar-refractivity contribution in [3.05, 3.63) is 0 Å². The van der Waals surface area contributed by atoms with E-state index in [4.69, 9.17) is 10.5 Å². The highest BCUT2D eigenvalue weighted by atomic mass is 35.5. The summed E-state index contributed by atoms with van der Waals surface area (Å²) in [5.41, 5.74) is 6.35.